The summed E-state index contributed by atoms with van der Waals surface area (Å²) in [5, 5.41) is 9.37. The zero-order valence-electron chi connectivity index (χ0n) is 21.5. The minimum atomic E-state index is -4.57. The number of ether oxygens (including phenoxy) is 1. The maximum Gasteiger partial charge on any atom is 0.406 e. The number of nitrogens with zero attached hydrogens (tertiary/aromatic N) is 9. The summed E-state index contributed by atoms with van der Waals surface area (Å²) < 4.78 is 48.3. The van der Waals surface area contributed by atoms with Crippen molar-refractivity contribution in [1.29, 1.82) is 0 Å². The fourth-order valence-electron chi connectivity index (χ4n) is 5.18. The molecule has 3 N–H and O–H groups in total. The highest BCUT2D eigenvalue weighted by Gasteiger charge is 2.38. The Labute approximate surface area is 221 Å². The number of fused-ring (bicyclic) bond motifs is 1. The summed E-state index contributed by atoms with van der Waals surface area (Å²) in [7, 11) is 0. The summed E-state index contributed by atoms with van der Waals surface area (Å²) in [6.07, 6.45) is -1.74. The Hall–Kier alpha value is -3.79. The second kappa shape index (κ2) is 10.4. The molecule has 5 rings (SSSR count). The van der Waals surface area contributed by atoms with Crippen LogP contribution >= 0.6 is 0 Å². The molecule has 2 aliphatic rings. The van der Waals surface area contributed by atoms with Gasteiger partial charge < -0.3 is 30.3 Å². The molecular formula is C23H29F3N10O3. The normalized spacial score (nSPS) is 20.6. The summed E-state index contributed by atoms with van der Waals surface area (Å²) >= 11 is 0. The van der Waals surface area contributed by atoms with Crippen LogP contribution in [-0.2, 0) is 16.1 Å². The van der Waals surface area contributed by atoms with Crippen molar-refractivity contribution in [3.63, 3.8) is 0 Å². The van der Waals surface area contributed by atoms with E-state index in [2.05, 4.69) is 24.9 Å². The van der Waals surface area contributed by atoms with Crippen LogP contribution in [0.3, 0.4) is 0 Å². The molecule has 5 heterocycles. The lowest BCUT2D eigenvalue weighted by Crippen LogP contribution is -2.59. The number of imidazole rings is 1. The van der Waals surface area contributed by atoms with Crippen LogP contribution in [0.25, 0.3) is 22.6 Å². The highest BCUT2D eigenvalue weighted by Crippen LogP contribution is 2.34. The van der Waals surface area contributed by atoms with Crippen LogP contribution in [0.4, 0.5) is 30.9 Å². The molecule has 0 spiro atoms. The molecule has 3 aromatic heterocycles. The Kier molecular flexibility index (Phi) is 7.15. The maximum atomic E-state index is 13.9. The molecular weight excluding hydrogens is 521 g/mol. The lowest BCUT2D eigenvalue weighted by molar-refractivity contribution is -0.139. The van der Waals surface area contributed by atoms with Crippen molar-refractivity contribution in [2.75, 3.05) is 61.5 Å². The maximum absolute atomic E-state index is 13.9. The van der Waals surface area contributed by atoms with E-state index in [1.165, 1.54) is 12.4 Å². The van der Waals surface area contributed by atoms with E-state index in [-0.39, 0.29) is 54.1 Å². The molecule has 2 aliphatic heterocycles. The number of rotatable bonds is 5. The number of piperazine rings is 1. The highest BCUT2D eigenvalue weighted by molar-refractivity contribution is 5.88. The molecule has 2 atom stereocenters. The molecule has 0 unspecified atom stereocenters. The molecule has 0 bridgehead atoms. The van der Waals surface area contributed by atoms with Gasteiger partial charge in [-0.1, -0.05) is 0 Å². The van der Waals surface area contributed by atoms with Gasteiger partial charge >= 0.3 is 6.18 Å². The van der Waals surface area contributed by atoms with Crippen LogP contribution in [0.2, 0.25) is 0 Å². The molecule has 2 saturated heterocycles. The molecule has 0 saturated carbocycles. The summed E-state index contributed by atoms with van der Waals surface area (Å²) in [4.78, 5) is 39.3. The lowest BCUT2D eigenvalue weighted by Gasteiger charge is -2.44. The van der Waals surface area contributed by atoms with Crippen molar-refractivity contribution < 1.29 is 27.8 Å². The van der Waals surface area contributed by atoms with Crippen LogP contribution in [-0.4, -0.2) is 110 Å². The Morgan fingerprint density at radius 2 is 1.72 bits per heavy atom. The van der Waals surface area contributed by atoms with Gasteiger partial charge in [0.25, 0.3) is 0 Å². The summed E-state index contributed by atoms with van der Waals surface area (Å²) in [5.74, 6) is 0.201. The third-order valence-electron chi connectivity index (χ3n) is 6.76. The van der Waals surface area contributed by atoms with Crippen molar-refractivity contribution in [1.82, 2.24) is 34.4 Å². The van der Waals surface area contributed by atoms with Crippen molar-refractivity contribution in [2.45, 2.75) is 38.7 Å². The molecule has 210 valence electrons. The minimum absolute atomic E-state index is 0.0137. The van der Waals surface area contributed by atoms with Crippen molar-refractivity contribution in [3.8, 4) is 11.4 Å². The Balaban J connectivity index is 1.67. The number of hydrogen-bond donors (Lipinski definition) is 2. The number of anilines is 3. The van der Waals surface area contributed by atoms with Gasteiger partial charge in [-0.15, -0.1) is 0 Å². The molecule has 0 aromatic carbocycles. The molecule has 13 nitrogen and oxygen atoms in total. The quantitative estimate of drug-likeness (QED) is 0.461. The van der Waals surface area contributed by atoms with Crippen LogP contribution in [0.5, 0.6) is 0 Å². The fraction of sp³-hybridized carbons (Fsp3) is 0.565. The average molecular weight is 551 g/mol. The molecule has 16 heteroatoms. The summed E-state index contributed by atoms with van der Waals surface area (Å²) in [5.41, 5.74) is 6.24. The SMILES string of the molecule is C[C@@H]1CN(c2nc3c(N4CCOCC4)nc(-c4cnc(N)nc4)nc3n2CC(F)(F)F)C[C@H](C)N1C(=O)CO. The molecule has 39 heavy (non-hydrogen) atoms. The van der Waals surface area contributed by atoms with E-state index in [1.54, 1.807) is 23.6 Å². The number of aliphatic hydroxyl groups excluding tert-OH is 1. The van der Waals surface area contributed by atoms with E-state index in [0.29, 0.717) is 37.7 Å². The number of aliphatic hydroxyl groups is 1. The summed E-state index contributed by atoms with van der Waals surface area (Å²) in [6.45, 7) is 3.84. The first-order valence-corrected chi connectivity index (χ1v) is 12.5. The lowest BCUT2D eigenvalue weighted by atomic mass is 10.1. The van der Waals surface area contributed by atoms with E-state index in [1.807, 2.05) is 4.90 Å². The van der Waals surface area contributed by atoms with Gasteiger partial charge in [-0.2, -0.15) is 13.2 Å². The molecule has 0 radical (unpaired) electrons. The molecule has 3 aromatic rings. The van der Waals surface area contributed by atoms with Gasteiger partial charge in [0.15, 0.2) is 22.8 Å². The second-order valence-electron chi connectivity index (χ2n) is 9.65. The smallest absolute Gasteiger partial charge is 0.387 e. The van der Waals surface area contributed by atoms with Crippen LogP contribution in [0.1, 0.15) is 13.8 Å². The third kappa shape index (κ3) is 5.38. The van der Waals surface area contributed by atoms with Gasteiger partial charge in [-0.05, 0) is 13.8 Å². The number of carbonyl (C=O) groups is 1. The number of amides is 1. The van der Waals surface area contributed by atoms with E-state index in [9.17, 15) is 23.1 Å². The number of hydrogen-bond acceptors (Lipinski definition) is 11. The molecule has 1 amide bonds. The van der Waals surface area contributed by atoms with Crippen LogP contribution in [0, 0.1) is 0 Å². The van der Waals surface area contributed by atoms with Crippen molar-refractivity contribution >= 4 is 34.8 Å². The first-order valence-electron chi connectivity index (χ1n) is 12.5. The van der Waals surface area contributed by atoms with Gasteiger partial charge in [-0.25, -0.2) is 24.9 Å². The van der Waals surface area contributed by atoms with E-state index in [4.69, 9.17) is 10.5 Å². The minimum Gasteiger partial charge on any atom is -0.387 e. The van der Waals surface area contributed by atoms with Gasteiger partial charge in [-0.3, -0.25) is 9.36 Å². The van der Waals surface area contributed by atoms with Crippen LogP contribution in [0.15, 0.2) is 12.4 Å². The van der Waals surface area contributed by atoms with Gasteiger partial charge in [0, 0.05) is 50.7 Å². The van der Waals surface area contributed by atoms with Gasteiger partial charge in [0.1, 0.15) is 13.2 Å². The Morgan fingerprint density at radius 3 is 2.31 bits per heavy atom. The average Bonchev–Trinajstić information content (AvgIpc) is 3.25. The first kappa shape index (κ1) is 26.8. The largest absolute Gasteiger partial charge is 0.406 e. The van der Waals surface area contributed by atoms with Crippen molar-refractivity contribution in [2.24, 2.45) is 0 Å². The number of halogens is 3. The predicted molar refractivity (Wildman–Crippen MR) is 135 cm³/mol. The predicted octanol–water partition coefficient (Wildman–Crippen LogP) is 0.682. The molecule has 2 fully saturated rings. The number of carbonyl (C=O) groups excluding carboxylic acids is 1. The zero-order chi connectivity index (χ0) is 27.9. The number of nitrogens with two attached hydrogens (primary N) is 1. The standard InChI is InChI=1S/C23H29F3N10O3/c1-13-9-34(10-14(2)36(13)16(38)11-37)22-30-17-19(33-3-5-39-6-4-33)31-18(15-7-28-21(27)29-8-15)32-20(17)35(22)12-23(24,25)26/h7-8,13-14,37H,3-6,9-12H2,1-2H3,(H2,27,28,29)/t13-,14+. The van der Waals surface area contributed by atoms with E-state index < -0.39 is 25.2 Å². The monoisotopic (exact) mass is 550 g/mol. The Bertz CT molecular complexity index is 1330. The van der Waals surface area contributed by atoms with Gasteiger partial charge in [0.2, 0.25) is 17.8 Å². The fourth-order valence-corrected chi connectivity index (χ4v) is 5.18. The number of aromatic nitrogens is 6. The van der Waals surface area contributed by atoms with E-state index >= 15 is 0 Å². The summed E-state index contributed by atoms with van der Waals surface area (Å²) in [6, 6.07) is -0.750. The zero-order valence-corrected chi connectivity index (χ0v) is 21.5. The topological polar surface area (TPSA) is 152 Å². The number of morpholine rings is 1. The Morgan fingerprint density at radius 1 is 1.08 bits per heavy atom. The van der Waals surface area contributed by atoms with Crippen molar-refractivity contribution in [3.05, 3.63) is 12.4 Å². The van der Waals surface area contributed by atoms with E-state index in [0.717, 1.165) is 4.57 Å². The molecule has 0 aliphatic carbocycles. The van der Waals surface area contributed by atoms with Crippen LogP contribution < -0.4 is 15.5 Å². The number of alkyl halides is 3. The highest BCUT2D eigenvalue weighted by atomic mass is 19.4. The second-order valence-corrected chi connectivity index (χ2v) is 9.65. The number of nitrogen functional groups attached to an aromatic ring is 1. The van der Waals surface area contributed by atoms with Gasteiger partial charge in [0.05, 0.1) is 18.8 Å². The first-order chi connectivity index (χ1) is 18.6. The third-order valence-corrected chi connectivity index (χ3v) is 6.76.